The lowest BCUT2D eigenvalue weighted by Gasteiger charge is -2.15. The molecule has 1 atom stereocenters. The van der Waals surface area contributed by atoms with E-state index in [4.69, 9.17) is 14.2 Å². The largest absolute Gasteiger partial charge is 0.493 e. The van der Waals surface area contributed by atoms with Crippen molar-refractivity contribution in [3.05, 3.63) is 66.2 Å². The summed E-state index contributed by atoms with van der Waals surface area (Å²) in [7, 11) is 3.24. The van der Waals surface area contributed by atoms with Gasteiger partial charge in [0.2, 0.25) is 0 Å². The predicted octanol–water partition coefficient (Wildman–Crippen LogP) is 4.37. The number of nitrogens with one attached hydrogen (secondary N) is 1. The van der Waals surface area contributed by atoms with Gasteiger partial charge in [-0.15, -0.1) is 0 Å². The average Bonchev–Trinajstić information content (AvgIpc) is 2.76. The summed E-state index contributed by atoms with van der Waals surface area (Å²) in [6, 6.07) is 19.8. The number of rotatable bonds is 9. The van der Waals surface area contributed by atoms with Crippen molar-refractivity contribution < 1.29 is 19.0 Å². The SMILES string of the molecule is COc1ccc(CCCNC(=O)[C@H](C)Oc2ccc3ccccc3c2)cc1OC. The second-order valence-electron chi connectivity index (χ2n) is 6.85. The summed E-state index contributed by atoms with van der Waals surface area (Å²) in [5, 5.41) is 5.18. The summed E-state index contributed by atoms with van der Waals surface area (Å²) in [5.74, 6) is 2.00. The van der Waals surface area contributed by atoms with Crippen molar-refractivity contribution >= 4 is 16.7 Å². The molecular formula is C24H27NO4. The number of aryl methyl sites for hydroxylation is 1. The molecule has 3 aromatic carbocycles. The third kappa shape index (κ3) is 5.41. The molecule has 3 aromatic rings. The highest BCUT2D eigenvalue weighted by Gasteiger charge is 2.14. The average molecular weight is 393 g/mol. The fourth-order valence-corrected chi connectivity index (χ4v) is 3.18. The first-order chi connectivity index (χ1) is 14.1. The molecule has 0 bridgehead atoms. The number of benzene rings is 3. The summed E-state index contributed by atoms with van der Waals surface area (Å²) in [6.45, 7) is 2.34. The fourth-order valence-electron chi connectivity index (χ4n) is 3.18. The molecule has 29 heavy (non-hydrogen) atoms. The van der Waals surface area contributed by atoms with Crippen LogP contribution in [0.4, 0.5) is 0 Å². The molecule has 0 aromatic heterocycles. The smallest absolute Gasteiger partial charge is 0.260 e. The van der Waals surface area contributed by atoms with E-state index in [1.165, 1.54) is 0 Å². The summed E-state index contributed by atoms with van der Waals surface area (Å²) in [6.07, 6.45) is 1.10. The number of amides is 1. The molecule has 152 valence electrons. The minimum absolute atomic E-state index is 0.120. The molecule has 0 aliphatic carbocycles. The molecule has 0 heterocycles. The number of hydrogen-bond acceptors (Lipinski definition) is 4. The van der Waals surface area contributed by atoms with Crippen LogP contribution in [0, 0.1) is 0 Å². The van der Waals surface area contributed by atoms with Crippen molar-refractivity contribution in [1.29, 1.82) is 0 Å². The van der Waals surface area contributed by atoms with Gasteiger partial charge in [-0.25, -0.2) is 0 Å². The quantitative estimate of drug-likeness (QED) is 0.549. The molecular weight excluding hydrogens is 366 g/mol. The van der Waals surface area contributed by atoms with Crippen molar-refractivity contribution in [2.75, 3.05) is 20.8 Å². The number of carbonyl (C=O) groups excluding carboxylic acids is 1. The Morgan fingerprint density at radius 3 is 2.45 bits per heavy atom. The number of fused-ring (bicyclic) bond motifs is 1. The van der Waals surface area contributed by atoms with Gasteiger partial charge in [0.25, 0.3) is 5.91 Å². The van der Waals surface area contributed by atoms with Crippen molar-refractivity contribution in [3.63, 3.8) is 0 Å². The van der Waals surface area contributed by atoms with Gasteiger partial charge in [0.1, 0.15) is 5.75 Å². The lowest BCUT2D eigenvalue weighted by atomic mass is 10.1. The van der Waals surface area contributed by atoms with E-state index in [1.807, 2.05) is 60.7 Å². The van der Waals surface area contributed by atoms with Crippen LogP contribution in [-0.4, -0.2) is 32.8 Å². The Kier molecular flexibility index (Phi) is 6.95. The van der Waals surface area contributed by atoms with Gasteiger partial charge < -0.3 is 19.5 Å². The Hall–Kier alpha value is -3.21. The molecule has 3 rings (SSSR count). The van der Waals surface area contributed by atoms with E-state index in [2.05, 4.69) is 5.32 Å². The van der Waals surface area contributed by atoms with Gasteiger partial charge in [-0.1, -0.05) is 36.4 Å². The molecule has 1 amide bonds. The molecule has 5 heteroatoms. The highest BCUT2D eigenvalue weighted by molar-refractivity contribution is 5.84. The minimum Gasteiger partial charge on any atom is -0.493 e. The van der Waals surface area contributed by atoms with Crippen LogP contribution in [0.1, 0.15) is 18.9 Å². The zero-order valence-electron chi connectivity index (χ0n) is 17.1. The van der Waals surface area contributed by atoms with E-state index in [9.17, 15) is 4.79 Å². The maximum Gasteiger partial charge on any atom is 0.260 e. The maximum atomic E-state index is 12.3. The lowest BCUT2D eigenvalue weighted by Crippen LogP contribution is -2.36. The van der Waals surface area contributed by atoms with E-state index >= 15 is 0 Å². The third-order valence-corrected chi connectivity index (χ3v) is 4.79. The van der Waals surface area contributed by atoms with Gasteiger partial charge in [-0.05, 0) is 60.4 Å². The van der Waals surface area contributed by atoms with Crippen molar-refractivity contribution in [1.82, 2.24) is 5.32 Å². The summed E-state index contributed by atoms with van der Waals surface area (Å²) >= 11 is 0. The van der Waals surface area contributed by atoms with Gasteiger partial charge in [0, 0.05) is 6.54 Å². The second kappa shape index (κ2) is 9.82. The van der Waals surface area contributed by atoms with Gasteiger partial charge in [-0.2, -0.15) is 0 Å². The first-order valence-corrected chi connectivity index (χ1v) is 9.75. The Morgan fingerprint density at radius 2 is 1.69 bits per heavy atom. The predicted molar refractivity (Wildman–Crippen MR) is 115 cm³/mol. The second-order valence-corrected chi connectivity index (χ2v) is 6.85. The van der Waals surface area contributed by atoms with Gasteiger partial charge in [-0.3, -0.25) is 4.79 Å². The van der Waals surface area contributed by atoms with E-state index < -0.39 is 6.10 Å². The van der Waals surface area contributed by atoms with Gasteiger partial charge >= 0.3 is 0 Å². The molecule has 0 spiro atoms. The van der Waals surface area contributed by atoms with Gasteiger partial charge in [0.05, 0.1) is 14.2 Å². The first kappa shape index (κ1) is 20.5. The molecule has 0 fully saturated rings. The number of carbonyl (C=O) groups is 1. The fraction of sp³-hybridized carbons (Fsp3) is 0.292. The van der Waals surface area contributed by atoms with Crippen LogP contribution in [-0.2, 0) is 11.2 Å². The van der Waals surface area contributed by atoms with Crippen LogP contribution in [0.15, 0.2) is 60.7 Å². The van der Waals surface area contributed by atoms with Crippen LogP contribution in [0.5, 0.6) is 17.2 Å². The summed E-state index contributed by atoms with van der Waals surface area (Å²) < 4.78 is 16.4. The molecule has 0 saturated heterocycles. The molecule has 0 unspecified atom stereocenters. The van der Waals surface area contributed by atoms with Crippen LogP contribution < -0.4 is 19.5 Å². The standard InChI is InChI=1S/C24H27NO4/c1-17(29-21-12-11-19-8-4-5-9-20(19)16-21)24(26)25-14-6-7-18-10-13-22(27-2)23(15-18)28-3/h4-5,8-13,15-17H,6-7,14H2,1-3H3,(H,25,26)/t17-/m0/s1. The first-order valence-electron chi connectivity index (χ1n) is 9.75. The summed E-state index contributed by atoms with van der Waals surface area (Å²) in [5.41, 5.74) is 1.14. The Balaban J connectivity index is 1.46. The summed E-state index contributed by atoms with van der Waals surface area (Å²) in [4.78, 5) is 12.3. The van der Waals surface area contributed by atoms with Crippen molar-refractivity contribution in [2.24, 2.45) is 0 Å². The molecule has 5 nitrogen and oxygen atoms in total. The van der Waals surface area contributed by atoms with E-state index in [0.717, 1.165) is 29.2 Å². The number of methoxy groups -OCH3 is 2. The van der Waals surface area contributed by atoms with E-state index in [0.29, 0.717) is 23.8 Å². The maximum absolute atomic E-state index is 12.3. The zero-order valence-corrected chi connectivity index (χ0v) is 17.1. The molecule has 0 radical (unpaired) electrons. The van der Waals surface area contributed by atoms with E-state index in [1.54, 1.807) is 21.1 Å². The molecule has 0 saturated carbocycles. The normalized spacial score (nSPS) is 11.7. The number of ether oxygens (including phenoxy) is 3. The van der Waals surface area contributed by atoms with Crippen LogP contribution in [0.25, 0.3) is 10.8 Å². The van der Waals surface area contributed by atoms with Crippen LogP contribution in [0.3, 0.4) is 0 Å². The zero-order chi connectivity index (χ0) is 20.6. The molecule has 0 aliphatic heterocycles. The monoisotopic (exact) mass is 393 g/mol. The lowest BCUT2D eigenvalue weighted by molar-refractivity contribution is -0.127. The highest BCUT2D eigenvalue weighted by atomic mass is 16.5. The Morgan fingerprint density at radius 1 is 0.931 bits per heavy atom. The third-order valence-electron chi connectivity index (χ3n) is 4.79. The van der Waals surface area contributed by atoms with Crippen molar-refractivity contribution in [2.45, 2.75) is 25.9 Å². The highest BCUT2D eigenvalue weighted by Crippen LogP contribution is 2.28. The van der Waals surface area contributed by atoms with Crippen molar-refractivity contribution in [3.8, 4) is 17.2 Å². The Labute approximate surface area is 171 Å². The number of hydrogen-bond donors (Lipinski definition) is 1. The van der Waals surface area contributed by atoms with E-state index in [-0.39, 0.29) is 5.91 Å². The molecule has 0 aliphatic rings. The molecule has 1 N–H and O–H groups in total. The van der Waals surface area contributed by atoms with Gasteiger partial charge in [0.15, 0.2) is 17.6 Å². The topological polar surface area (TPSA) is 56.8 Å². The van der Waals surface area contributed by atoms with Crippen LogP contribution in [0.2, 0.25) is 0 Å². The minimum atomic E-state index is -0.558. The van der Waals surface area contributed by atoms with Crippen LogP contribution >= 0.6 is 0 Å². The Bertz CT molecular complexity index is 970.